The van der Waals surface area contributed by atoms with Crippen LogP contribution in [-0.2, 0) is 24.2 Å². The monoisotopic (exact) mass is 460 g/mol. The molecule has 3 aromatic rings. The number of anilines is 1. The van der Waals surface area contributed by atoms with Crippen molar-refractivity contribution in [3.05, 3.63) is 54.6 Å². The van der Waals surface area contributed by atoms with E-state index in [2.05, 4.69) is 4.98 Å². The van der Waals surface area contributed by atoms with E-state index in [4.69, 9.17) is 9.15 Å². The molecule has 1 aliphatic rings. The number of hydrogen-bond acceptors (Lipinski definition) is 8. The molecule has 1 amide bonds. The van der Waals surface area contributed by atoms with Gasteiger partial charge in [-0.3, -0.25) is 9.59 Å². The van der Waals surface area contributed by atoms with Crippen molar-refractivity contribution in [1.82, 2.24) is 4.98 Å². The van der Waals surface area contributed by atoms with Crippen LogP contribution in [0.2, 0.25) is 0 Å². The molecular weight excluding hydrogens is 440 g/mol. The molecule has 0 radical (unpaired) electrons. The van der Waals surface area contributed by atoms with Gasteiger partial charge >= 0.3 is 5.97 Å². The first kappa shape index (κ1) is 21.4. The van der Waals surface area contributed by atoms with E-state index < -0.39 is 34.4 Å². The lowest BCUT2D eigenvalue weighted by Gasteiger charge is -2.28. The van der Waals surface area contributed by atoms with Gasteiger partial charge in [-0.1, -0.05) is 42.1 Å². The number of oxazole rings is 1. The maximum atomic E-state index is 12.9. The van der Waals surface area contributed by atoms with Crippen molar-refractivity contribution in [2.75, 3.05) is 28.8 Å². The van der Waals surface area contributed by atoms with E-state index >= 15 is 0 Å². The van der Waals surface area contributed by atoms with E-state index in [9.17, 15) is 18.0 Å². The lowest BCUT2D eigenvalue weighted by atomic mass is 10.2. The number of nitrogens with zero attached hydrogens (tertiary/aromatic N) is 2. The van der Waals surface area contributed by atoms with Crippen molar-refractivity contribution in [3.8, 4) is 0 Å². The summed E-state index contributed by atoms with van der Waals surface area (Å²) in [6.45, 7) is -0.474. The van der Waals surface area contributed by atoms with Gasteiger partial charge in [0.2, 0.25) is 0 Å². The van der Waals surface area contributed by atoms with E-state index in [-0.39, 0.29) is 17.3 Å². The minimum atomic E-state index is -3.19. The van der Waals surface area contributed by atoms with Gasteiger partial charge < -0.3 is 14.1 Å². The second kappa shape index (κ2) is 9.11. The first-order valence-corrected chi connectivity index (χ1v) is 12.4. The van der Waals surface area contributed by atoms with E-state index in [1.54, 1.807) is 42.5 Å². The fourth-order valence-electron chi connectivity index (χ4n) is 3.41. The van der Waals surface area contributed by atoms with Crippen LogP contribution in [0.15, 0.2) is 64.2 Å². The number of sulfone groups is 1. The lowest BCUT2D eigenvalue weighted by molar-refractivity contribution is -0.145. The number of esters is 1. The van der Waals surface area contributed by atoms with Gasteiger partial charge in [0, 0.05) is 5.69 Å². The van der Waals surface area contributed by atoms with Gasteiger partial charge in [0.05, 0.1) is 17.5 Å². The van der Waals surface area contributed by atoms with E-state index in [1.807, 2.05) is 12.1 Å². The fraction of sp³-hybridized carbons (Fsp3) is 0.286. The number of fused-ring (bicyclic) bond motifs is 1. The Bertz CT molecular complexity index is 1160. The molecule has 0 spiro atoms. The minimum Gasteiger partial charge on any atom is -0.455 e. The maximum Gasteiger partial charge on any atom is 0.316 e. The van der Waals surface area contributed by atoms with Crippen molar-refractivity contribution in [2.45, 2.75) is 17.7 Å². The molecule has 1 atom stereocenters. The van der Waals surface area contributed by atoms with E-state index in [0.717, 1.165) is 11.8 Å². The van der Waals surface area contributed by atoms with Gasteiger partial charge in [-0.15, -0.1) is 0 Å². The third kappa shape index (κ3) is 5.26. The van der Waals surface area contributed by atoms with Crippen LogP contribution in [0.4, 0.5) is 5.69 Å². The fourth-order valence-corrected chi connectivity index (χ4v) is 5.75. The Labute approximate surface area is 183 Å². The second-order valence-electron chi connectivity index (χ2n) is 7.05. The lowest BCUT2D eigenvalue weighted by Crippen LogP contribution is -2.43. The SMILES string of the molecule is O=C(CSc1nc2ccccc2o1)OCC(=O)N(c1ccccc1)C1CCS(=O)(=O)C1. The van der Waals surface area contributed by atoms with Crippen molar-refractivity contribution >= 4 is 50.3 Å². The van der Waals surface area contributed by atoms with Gasteiger partial charge in [-0.25, -0.2) is 13.4 Å². The molecule has 1 aliphatic heterocycles. The van der Waals surface area contributed by atoms with Crippen LogP contribution in [-0.4, -0.2) is 55.2 Å². The standard InChI is InChI=1S/C21H20N2O6S2/c24-19(23(15-6-2-1-3-7-15)16-10-11-31(26,27)14-16)12-28-20(25)13-30-21-22-17-8-4-5-9-18(17)29-21/h1-9,16H,10-14H2. The quantitative estimate of drug-likeness (QED) is 0.391. The van der Waals surface area contributed by atoms with Gasteiger partial charge in [-0.05, 0) is 30.7 Å². The average molecular weight is 461 g/mol. The van der Waals surface area contributed by atoms with E-state index in [0.29, 0.717) is 28.4 Å². The molecule has 4 rings (SSSR count). The Morgan fingerprint density at radius 3 is 2.58 bits per heavy atom. The van der Waals surface area contributed by atoms with Crippen molar-refractivity contribution in [3.63, 3.8) is 0 Å². The summed E-state index contributed by atoms with van der Waals surface area (Å²) in [5.41, 5.74) is 1.89. The number of carbonyl (C=O) groups is 2. The molecule has 1 fully saturated rings. The highest BCUT2D eigenvalue weighted by molar-refractivity contribution is 7.99. The molecule has 1 aromatic heterocycles. The largest absolute Gasteiger partial charge is 0.455 e. The summed E-state index contributed by atoms with van der Waals surface area (Å²) in [6, 6.07) is 15.6. The van der Waals surface area contributed by atoms with Gasteiger partial charge in [0.1, 0.15) is 11.3 Å². The molecule has 10 heteroatoms. The van der Waals surface area contributed by atoms with Crippen LogP contribution < -0.4 is 4.90 Å². The second-order valence-corrected chi connectivity index (χ2v) is 10.2. The van der Waals surface area contributed by atoms with Crippen molar-refractivity contribution in [2.24, 2.45) is 0 Å². The number of carbonyl (C=O) groups excluding carboxylic acids is 2. The van der Waals surface area contributed by atoms with E-state index in [1.165, 1.54) is 4.90 Å². The molecule has 0 aliphatic carbocycles. The maximum absolute atomic E-state index is 12.9. The Morgan fingerprint density at radius 2 is 1.87 bits per heavy atom. The number of para-hydroxylation sites is 3. The summed E-state index contributed by atoms with van der Waals surface area (Å²) < 4.78 is 34.5. The molecular formula is C21H20N2O6S2. The topological polar surface area (TPSA) is 107 Å². The van der Waals surface area contributed by atoms with Crippen LogP contribution in [0.25, 0.3) is 11.1 Å². The van der Waals surface area contributed by atoms with Gasteiger partial charge in [0.15, 0.2) is 22.0 Å². The summed E-state index contributed by atoms with van der Waals surface area (Å²) in [4.78, 5) is 30.7. The van der Waals surface area contributed by atoms with Gasteiger partial charge in [-0.2, -0.15) is 0 Å². The Balaban J connectivity index is 1.36. The van der Waals surface area contributed by atoms with Crippen LogP contribution in [0.1, 0.15) is 6.42 Å². The molecule has 0 N–H and O–H groups in total. The number of hydrogen-bond donors (Lipinski definition) is 0. The van der Waals surface area contributed by atoms with Crippen LogP contribution in [0, 0.1) is 0 Å². The third-order valence-corrected chi connectivity index (χ3v) is 7.37. The molecule has 0 saturated carbocycles. The highest BCUT2D eigenvalue weighted by Gasteiger charge is 2.35. The van der Waals surface area contributed by atoms with Crippen LogP contribution in [0.3, 0.4) is 0 Å². The number of aromatic nitrogens is 1. The summed E-state index contributed by atoms with van der Waals surface area (Å²) in [5, 5.41) is 0.339. The normalized spacial score (nSPS) is 17.5. The molecule has 0 bridgehead atoms. The van der Waals surface area contributed by atoms with Crippen molar-refractivity contribution in [1.29, 1.82) is 0 Å². The molecule has 162 valence electrons. The van der Waals surface area contributed by atoms with Crippen molar-refractivity contribution < 1.29 is 27.2 Å². The predicted molar refractivity (Wildman–Crippen MR) is 117 cm³/mol. The van der Waals surface area contributed by atoms with Gasteiger partial charge in [0.25, 0.3) is 11.1 Å². The first-order valence-electron chi connectivity index (χ1n) is 9.63. The Hall–Kier alpha value is -2.85. The zero-order chi connectivity index (χ0) is 21.8. The zero-order valence-corrected chi connectivity index (χ0v) is 18.1. The highest BCUT2D eigenvalue weighted by Crippen LogP contribution is 2.25. The van der Waals surface area contributed by atoms with Crippen LogP contribution in [0.5, 0.6) is 0 Å². The molecule has 8 nitrogen and oxygen atoms in total. The number of rotatable bonds is 7. The summed E-state index contributed by atoms with van der Waals surface area (Å²) in [6.07, 6.45) is 0.352. The number of amides is 1. The minimum absolute atomic E-state index is 0.0369. The third-order valence-electron chi connectivity index (χ3n) is 4.82. The van der Waals surface area contributed by atoms with Crippen LogP contribution >= 0.6 is 11.8 Å². The molecule has 31 heavy (non-hydrogen) atoms. The highest BCUT2D eigenvalue weighted by atomic mass is 32.2. The number of ether oxygens (including phenoxy) is 1. The number of thioether (sulfide) groups is 1. The Kier molecular flexibility index (Phi) is 6.28. The zero-order valence-electron chi connectivity index (χ0n) is 16.5. The Morgan fingerprint density at radius 1 is 1.13 bits per heavy atom. The first-order chi connectivity index (χ1) is 14.9. The molecule has 2 aromatic carbocycles. The summed E-state index contributed by atoms with van der Waals surface area (Å²) in [5.74, 6) is -1.19. The summed E-state index contributed by atoms with van der Waals surface area (Å²) >= 11 is 1.08. The predicted octanol–water partition coefficient (Wildman–Crippen LogP) is 2.68. The number of benzene rings is 2. The summed E-state index contributed by atoms with van der Waals surface area (Å²) in [7, 11) is -3.19. The molecule has 1 unspecified atom stereocenters. The molecule has 1 saturated heterocycles. The smallest absolute Gasteiger partial charge is 0.316 e. The molecule has 2 heterocycles. The average Bonchev–Trinajstić information content (AvgIpc) is 3.34.